The standard InChI is InChI=1S/C20H21N3O3S/c1-13-7-9-18(10-8-13)27(26)22-16-5-4-6-17(11-16)23-15(3)19(12-20(24)25)14(2)21-23/h4-11,22H,12H2,1-3H3,(H,24,25). The van der Waals surface area contributed by atoms with E-state index in [0.717, 1.165) is 16.9 Å². The lowest BCUT2D eigenvalue weighted by Crippen LogP contribution is -2.06. The van der Waals surface area contributed by atoms with Crippen molar-refractivity contribution in [2.45, 2.75) is 32.1 Å². The Morgan fingerprint density at radius 2 is 1.85 bits per heavy atom. The lowest BCUT2D eigenvalue weighted by Gasteiger charge is -2.10. The zero-order valence-electron chi connectivity index (χ0n) is 15.4. The first-order valence-corrected chi connectivity index (χ1v) is 9.62. The van der Waals surface area contributed by atoms with Crippen LogP contribution in [0.15, 0.2) is 53.4 Å². The van der Waals surface area contributed by atoms with Crippen molar-refractivity contribution >= 4 is 22.6 Å². The Hall–Kier alpha value is -2.93. The van der Waals surface area contributed by atoms with Gasteiger partial charge in [-0.1, -0.05) is 23.8 Å². The van der Waals surface area contributed by atoms with Crippen molar-refractivity contribution in [1.29, 1.82) is 0 Å². The summed E-state index contributed by atoms with van der Waals surface area (Å²) in [7, 11) is -1.38. The number of nitrogens with zero attached hydrogens (tertiary/aromatic N) is 2. The van der Waals surface area contributed by atoms with Crippen LogP contribution in [0.5, 0.6) is 0 Å². The van der Waals surface area contributed by atoms with E-state index >= 15 is 0 Å². The molecule has 1 unspecified atom stereocenters. The molecule has 7 heteroatoms. The van der Waals surface area contributed by atoms with Gasteiger partial charge in [0.05, 0.1) is 22.7 Å². The minimum Gasteiger partial charge on any atom is -0.481 e. The van der Waals surface area contributed by atoms with Gasteiger partial charge in [-0.15, -0.1) is 0 Å². The largest absolute Gasteiger partial charge is 0.481 e. The molecule has 1 aromatic heterocycles. The zero-order chi connectivity index (χ0) is 19.6. The van der Waals surface area contributed by atoms with Crippen LogP contribution in [0, 0.1) is 20.8 Å². The smallest absolute Gasteiger partial charge is 0.307 e. The zero-order valence-corrected chi connectivity index (χ0v) is 16.2. The van der Waals surface area contributed by atoms with Crippen LogP contribution in [0.1, 0.15) is 22.5 Å². The van der Waals surface area contributed by atoms with E-state index < -0.39 is 17.0 Å². The molecular weight excluding hydrogens is 362 g/mol. The van der Waals surface area contributed by atoms with Gasteiger partial charge in [0.1, 0.15) is 11.0 Å². The number of aromatic nitrogens is 2. The number of aryl methyl sites for hydroxylation is 2. The lowest BCUT2D eigenvalue weighted by molar-refractivity contribution is -0.136. The second-order valence-corrected chi connectivity index (χ2v) is 7.58. The molecule has 1 heterocycles. The maximum absolute atomic E-state index is 12.5. The summed E-state index contributed by atoms with van der Waals surface area (Å²) in [6.45, 7) is 5.63. The van der Waals surface area contributed by atoms with Crippen LogP contribution in [0.2, 0.25) is 0 Å². The van der Waals surface area contributed by atoms with Gasteiger partial charge in [-0.3, -0.25) is 4.79 Å². The van der Waals surface area contributed by atoms with Gasteiger partial charge in [-0.2, -0.15) is 5.10 Å². The number of hydrogen-bond donors (Lipinski definition) is 2. The Morgan fingerprint density at radius 3 is 2.52 bits per heavy atom. The summed E-state index contributed by atoms with van der Waals surface area (Å²) in [6.07, 6.45) is -0.0625. The Morgan fingerprint density at radius 1 is 1.15 bits per heavy atom. The Kier molecular flexibility index (Phi) is 5.41. The lowest BCUT2D eigenvalue weighted by atomic mass is 10.1. The molecule has 2 N–H and O–H groups in total. The van der Waals surface area contributed by atoms with E-state index in [4.69, 9.17) is 5.11 Å². The van der Waals surface area contributed by atoms with Crippen molar-refractivity contribution in [3.63, 3.8) is 0 Å². The highest BCUT2D eigenvalue weighted by molar-refractivity contribution is 7.86. The first-order chi connectivity index (χ1) is 12.8. The quantitative estimate of drug-likeness (QED) is 0.682. The van der Waals surface area contributed by atoms with E-state index in [-0.39, 0.29) is 6.42 Å². The molecule has 0 saturated carbocycles. The van der Waals surface area contributed by atoms with Gasteiger partial charge in [0, 0.05) is 16.9 Å². The second-order valence-electron chi connectivity index (χ2n) is 6.37. The van der Waals surface area contributed by atoms with E-state index in [1.54, 1.807) is 11.6 Å². The molecule has 0 aliphatic heterocycles. The molecule has 2 aromatic carbocycles. The van der Waals surface area contributed by atoms with E-state index in [2.05, 4.69) is 9.82 Å². The number of carboxylic acids is 1. The summed E-state index contributed by atoms with van der Waals surface area (Å²) < 4.78 is 17.2. The summed E-state index contributed by atoms with van der Waals surface area (Å²) >= 11 is 0. The molecule has 0 fully saturated rings. The van der Waals surface area contributed by atoms with E-state index in [1.165, 1.54) is 0 Å². The molecule has 0 spiro atoms. The number of carbonyl (C=O) groups is 1. The fourth-order valence-corrected chi connectivity index (χ4v) is 3.70. The average Bonchev–Trinajstić information content (AvgIpc) is 2.90. The highest BCUT2D eigenvalue weighted by Gasteiger charge is 2.15. The van der Waals surface area contributed by atoms with Crippen molar-refractivity contribution in [2.24, 2.45) is 0 Å². The van der Waals surface area contributed by atoms with E-state index in [9.17, 15) is 9.00 Å². The highest BCUT2D eigenvalue weighted by Crippen LogP contribution is 2.22. The predicted octanol–water partition coefficient (Wildman–Crippen LogP) is 3.56. The molecule has 0 radical (unpaired) electrons. The molecule has 0 saturated heterocycles. The van der Waals surface area contributed by atoms with E-state index in [0.29, 0.717) is 21.8 Å². The molecule has 0 aliphatic carbocycles. The SMILES string of the molecule is Cc1ccc(S(=O)Nc2cccc(-n3nc(C)c(CC(=O)O)c3C)c2)cc1. The number of anilines is 1. The van der Waals surface area contributed by atoms with Gasteiger partial charge in [-0.05, 0) is 51.1 Å². The number of nitrogens with one attached hydrogen (secondary N) is 1. The molecule has 3 aromatic rings. The van der Waals surface area contributed by atoms with Gasteiger partial charge >= 0.3 is 5.97 Å². The number of carboxylic acid groups (broad SMARTS) is 1. The minimum atomic E-state index is -1.38. The maximum Gasteiger partial charge on any atom is 0.307 e. The van der Waals surface area contributed by atoms with Crippen LogP contribution in [-0.2, 0) is 22.2 Å². The van der Waals surface area contributed by atoms with Gasteiger partial charge in [0.15, 0.2) is 0 Å². The summed E-state index contributed by atoms with van der Waals surface area (Å²) in [6, 6.07) is 14.9. The third-order valence-electron chi connectivity index (χ3n) is 4.31. The van der Waals surface area contributed by atoms with Crippen LogP contribution >= 0.6 is 0 Å². The van der Waals surface area contributed by atoms with Gasteiger partial charge in [0.25, 0.3) is 0 Å². The Balaban J connectivity index is 1.87. The maximum atomic E-state index is 12.5. The predicted molar refractivity (Wildman–Crippen MR) is 106 cm³/mol. The topological polar surface area (TPSA) is 84.2 Å². The third kappa shape index (κ3) is 4.25. The minimum absolute atomic E-state index is 0.0625. The first kappa shape index (κ1) is 18.8. The summed E-state index contributed by atoms with van der Waals surface area (Å²) in [5.41, 5.74) is 4.77. The van der Waals surface area contributed by atoms with Crippen LogP contribution in [0.4, 0.5) is 5.69 Å². The van der Waals surface area contributed by atoms with Gasteiger partial charge in [-0.25, -0.2) is 8.89 Å². The fourth-order valence-electron chi connectivity index (χ4n) is 2.86. The van der Waals surface area contributed by atoms with Gasteiger partial charge < -0.3 is 9.83 Å². The molecule has 3 rings (SSSR count). The molecule has 6 nitrogen and oxygen atoms in total. The number of aliphatic carboxylic acids is 1. The van der Waals surface area contributed by atoms with Gasteiger partial charge in [0.2, 0.25) is 0 Å². The molecule has 1 atom stereocenters. The van der Waals surface area contributed by atoms with Crippen LogP contribution in [-0.4, -0.2) is 25.1 Å². The van der Waals surface area contributed by atoms with Crippen LogP contribution in [0.3, 0.4) is 0 Å². The number of rotatable bonds is 6. The molecule has 27 heavy (non-hydrogen) atoms. The first-order valence-electron chi connectivity index (χ1n) is 8.47. The molecule has 0 amide bonds. The van der Waals surface area contributed by atoms with Crippen LogP contribution in [0.25, 0.3) is 5.69 Å². The van der Waals surface area contributed by atoms with Crippen LogP contribution < -0.4 is 4.72 Å². The van der Waals surface area contributed by atoms with Crippen molar-refractivity contribution in [1.82, 2.24) is 9.78 Å². The Bertz CT molecular complexity index is 1010. The molecule has 0 bridgehead atoms. The third-order valence-corrected chi connectivity index (χ3v) is 5.43. The molecule has 140 valence electrons. The summed E-state index contributed by atoms with van der Waals surface area (Å²) in [4.78, 5) is 11.8. The fraction of sp³-hybridized carbons (Fsp3) is 0.200. The molecule has 0 aliphatic rings. The van der Waals surface area contributed by atoms with Crippen molar-refractivity contribution in [3.8, 4) is 5.69 Å². The second kappa shape index (κ2) is 7.75. The number of hydrogen-bond acceptors (Lipinski definition) is 3. The summed E-state index contributed by atoms with van der Waals surface area (Å²) in [5, 5.41) is 13.6. The average molecular weight is 383 g/mol. The van der Waals surface area contributed by atoms with Crippen molar-refractivity contribution in [3.05, 3.63) is 71.0 Å². The number of benzene rings is 2. The monoisotopic (exact) mass is 383 g/mol. The Labute approximate surface area is 160 Å². The van der Waals surface area contributed by atoms with E-state index in [1.807, 2.05) is 62.4 Å². The normalized spacial score (nSPS) is 12.0. The summed E-state index contributed by atoms with van der Waals surface area (Å²) in [5.74, 6) is -0.885. The highest BCUT2D eigenvalue weighted by atomic mass is 32.2. The molecular formula is C20H21N3O3S. The van der Waals surface area contributed by atoms with Crippen molar-refractivity contribution < 1.29 is 14.1 Å². The van der Waals surface area contributed by atoms with Crippen molar-refractivity contribution in [2.75, 3.05) is 4.72 Å².